The molecule has 0 radical (unpaired) electrons. The van der Waals surface area contributed by atoms with Gasteiger partial charge in [-0.15, -0.1) is 0 Å². The number of aromatic nitrogens is 3. The molecule has 11 heavy (non-hydrogen) atoms. The summed E-state index contributed by atoms with van der Waals surface area (Å²) in [4.78, 5) is 14.5. The summed E-state index contributed by atoms with van der Waals surface area (Å²) in [6.07, 6.45) is 3.79. The third-order valence-electron chi connectivity index (χ3n) is 1.39. The first-order valence-electron chi connectivity index (χ1n) is 3.63. The summed E-state index contributed by atoms with van der Waals surface area (Å²) in [5.41, 5.74) is 0. The van der Waals surface area contributed by atoms with Crippen LogP contribution in [0.2, 0.25) is 0 Å². The Kier molecular flexibility index (Phi) is 2.77. The zero-order chi connectivity index (χ0) is 8.10. The number of hydrogen-bond acceptors (Lipinski definition) is 3. The van der Waals surface area contributed by atoms with E-state index in [0.29, 0.717) is 6.42 Å². The predicted molar refractivity (Wildman–Crippen MR) is 40.0 cm³/mol. The number of hydrogen-bond donors (Lipinski definition) is 1. The average Bonchev–Trinajstić information content (AvgIpc) is 2.39. The molecule has 0 aliphatic rings. The van der Waals surface area contributed by atoms with E-state index in [2.05, 4.69) is 15.2 Å². The minimum absolute atomic E-state index is 0.223. The lowest BCUT2D eigenvalue weighted by atomic mass is 10.2. The Balaban J connectivity index is 2.19. The van der Waals surface area contributed by atoms with Crippen LogP contribution in [0.1, 0.15) is 25.6 Å². The van der Waals surface area contributed by atoms with Crippen LogP contribution in [-0.4, -0.2) is 21.0 Å². The molecule has 60 valence electrons. The molecule has 0 amide bonds. The number of Topliss-reactive ketones (excluding diaryl/α,β-unsaturated/α-hetero) is 1. The number of H-pyrrole nitrogens is 1. The number of nitrogens with zero attached hydrogens (tertiary/aromatic N) is 2. The molecule has 0 aliphatic carbocycles. The smallest absolute Gasteiger partial charge is 0.150 e. The van der Waals surface area contributed by atoms with Gasteiger partial charge < -0.3 is 4.79 Å². The summed E-state index contributed by atoms with van der Waals surface area (Å²) < 4.78 is 0. The van der Waals surface area contributed by atoms with Gasteiger partial charge in [-0.1, -0.05) is 0 Å². The molecular weight excluding hydrogens is 142 g/mol. The maximum atomic E-state index is 10.5. The van der Waals surface area contributed by atoms with Crippen LogP contribution in [0.25, 0.3) is 0 Å². The monoisotopic (exact) mass is 153 g/mol. The molecule has 0 saturated heterocycles. The zero-order valence-corrected chi connectivity index (χ0v) is 6.50. The van der Waals surface area contributed by atoms with E-state index in [0.717, 1.165) is 18.7 Å². The molecule has 1 N–H and O–H groups in total. The van der Waals surface area contributed by atoms with Crippen LogP contribution in [0.15, 0.2) is 6.33 Å². The lowest BCUT2D eigenvalue weighted by molar-refractivity contribution is -0.117. The number of carbonyl (C=O) groups is 1. The van der Waals surface area contributed by atoms with Gasteiger partial charge >= 0.3 is 0 Å². The summed E-state index contributed by atoms with van der Waals surface area (Å²) in [7, 11) is 0. The van der Waals surface area contributed by atoms with Crippen LogP contribution in [-0.2, 0) is 11.2 Å². The molecule has 0 bridgehead atoms. The molecule has 0 aliphatic heterocycles. The van der Waals surface area contributed by atoms with E-state index in [9.17, 15) is 4.79 Å². The molecule has 4 heteroatoms. The van der Waals surface area contributed by atoms with Crippen LogP contribution >= 0.6 is 0 Å². The van der Waals surface area contributed by atoms with E-state index in [1.54, 1.807) is 13.3 Å². The molecule has 1 heterocycles. The molecule has 0 aromatic carbocycles. The topological polar surface area (TPSA) is 58.6 Å². The highest BCUT2D eigenvalue weighted by atomic mass is 16.1. The summed E-state index contributed by atoms with van der Waals surface area (Å²) in [5.74, 6) is 1.01. The second-order valence-corrected chi connectivity index (χ2v) is 2.47. The highest BCUT2D eigenvalue weighted by Gasteiger charge is 1.97. The van der Waals surface area contributed by atoms with Crippen molar-refractivity contribution >= 4 is 5.78 Å². The summed E-state index contributed by atoms with van der Waals surface area (Å²) in [5, 5.41) is 6.49. The van der Waals surface area contributed by atoms with E-state index >= 15 is 0 Å². The van der Waals surface area contributed by atoms with Gasteiger partial charge in [0.1, 0.15) is 17.9 Å². The number of ketones is 1. The highest BCUT2D eigenvalue weighted by molar-refractivity contribution is 5.75. The first-order valence-corrected chi connectivity index (χ1v) is 3.63. The largest absolute Gasteiger partial charge is 0.300 e. The Hall–Kier alpha value is -1.19. The van der Waals surface area contributed by atoms with E-state index in [1.807, 2.05) is 0 Å². The highest BCUT2D eigenvalue weighted by Crippen LogP contribution is 1.97. The molecule has 1 rings (SSSR count). The van der Waals surface area contributed by atoms with E-state index in [-0.39, 0.29) is 5.78 Å². The zero-order valence-electron chi connectivity index (χ0n) is 6.50. The third kappa shape index (κ3) is 2.93. The van der Waals surface area contributed by atoms with Crippen molar-refractivity contribution in [1.82, 2.24) is 15.2 Å². The Labute approximate surface area is 65.0 Å². The van der Waals surface area contributed by atoms with Crippen molar-refractivity contribution in [1.29, 1.82) is 0 Å². The van der Waals surface area contributed by atoms with E-state index in [1.165, 1.54) is 0 Å². The molecule has 4 nitrogen and oxygen atoms in total. The Morgan fingerprint density at radius 1 is 1.73 bits per heavy atom. The lowest BCUT2D eigenvalue weighted by Crippen LogP contribution is -1.93. The first-order chi connectivity index (χ1) is 5.29. The maximum absolute atomic E-state index is 10.5. The van der Waals surface area contributed by atoms with Gasteiger partial charge in [0.2, 0.25) is 0 Å². The minimum atomic E-state index is 0.223. The van der Waals surface area contributed by atoms with Gasteiger partial charge in [-0.3, -0.25) is 5.10 Å². The van der Waals surface area contributed by atoms with Crippen molar-refractivity contribution < 1.29 is 4.79 Å². The molecular formula is C7H11N3O. The molecule has 0 spiro atoms. The van der Waals surface area contributed by atoms with Gasteiger partial charge in [0.05, 0.1) is 0 Å². The fourth-order valence-corrected chi connectivity index (χ4v) is 0.852. The first kappa shape index (κ1) is 7.91. The van der Waals surface area contributed by atoms with Gasteiger partial charge in [0.25, 0.3) is 0 Å². The van der Waals surface area contributed by atoms with Crippen molar-refractivity contribution in [3.8, 4) is 0 Å². The van der Waals surface area contributed by atoms with Crippen molar-refractivity contribution in [3.05, 3.63) is 12.2 Å². The minimum Gasteiger partial charge on any atom is -0.300 e. The molecule has 0 atom stereocenters. The lowest BCUT2D eigenvalue weighted by Gasteiger charge is -1.91. The summed E-state index contributed by atoms with van der Waals surface area (Å²) >= 11 is 0. The SMILES string of the molecule is CC(=O)CCCc1nc[nH]n1. The second-order valence-electron chi connectivity index (χ2n) is 2.47. The quantitative estimate of drug-likeness (QED) is 0.693. The fourth-order valence-electron chi connectivity index (χ4n) is 0.852. The second kappa shape index (κ2) is 3.85. The Bertz CT molecular complexity index is 218. The fraction of sp³-hybridized carbons (Fsp3) is 0.571. The van der Waals surface area contributed by atoms with Gasteiger partial charge in [0.15, 0.2) is 0 Å². The van der Waals surface area contributed by atoms with Crippen LogP contribution in [0.5, 0.6) is 0 Å². The normalized spacial score (nSPS) is 9.91. The molecule has 0 unspecified atom stereocenters. The van der Waals surface area contributed by atoms with Gasteiger partial charge in [-0.05, 0) is 13.3 Å². The van der Waals surface area contributed by atoms with Gasteiger partial charge in [-0.25, -0.2) is 4.98 Å². The van der Waals surface area contributed by atoms with Crippen LogP contribution < -0.4 is 0 Å². The van der Waals surface area contributed by atoms with Crippen LogP contribution in [0.4, 0.5) is 0 Å². The molecule has 1 aromatic heterocycles. The number of aromatic amines is 1. The molecule has 0 fully saturated rings. The predicted octanol–water partition coefficient (Wildman–Crippen LogP) is 0.716. The Morgan fingerprint density at radius 2 is 2.55 bits per heavy atom. The van der Waals surface area contributed by atoms with Crippen LogP contribution in [0.3, 0.4) is 0 Å². The number of nitrogens with one attached hydrogen (secondary N) is 1. The number of carbonyl (C=O) groups excluding carboxylic acids is 1. The standard InChI is InChI=1S/C7H11N3O/c1-6(11)3-2-4-7-8-5-9-10-7/h5H,2-4H2,1H3,(H,8,9,10). The van der Waals surface area contributed by atoms with Crippen molar-refractivity contribution in [3.63, 3.8) is 0 Å². The summed E-state index contributed by atoms with van der Waals surface area (Å²) in [6, 6.07) is 0. The van der Waals surface area contributed by atoms with Crippen molar-refractivity contribution in [2.24, 2.45) is 0 Å². The maximum Gasteiger partial charge on any atom is 0.150 e. The van der Waals surface area contributed by atoms with Crippen LogP contribution in [0, 0.1) is 0 Å². The van der Waals surface area contributed by atoms with Crippen molar-refractivity contribution in [2.45, 2.75) is 26.2 Å². The van der Waals surface area contributed by atoms with Crippen molar-refractivity contribution in [2.75, 3.05) is 0 Å². The van der Waals surface area contributed by atoms with E-state index < -0.39 is 0 Å². The number of rotatable bonds is 4. The van der Waals surface area contributed by atoms with Gasteiger partial charge in [0, 0.05) is 12.8 Å². The number of aryl methyl sites for hydroxylation is 1. The Morgan fingerprint density at radius 3 is 3.09 bits per heavy atom. The average molecular weight is 153 g/mol. The van der Waals surface area contributed by atoms with Gasteiger partial charge in [-0.2, -0.15) is 5.10 Å². The molecule has 1 aromatic rings. The van der Waals surface area contributed by atoms with E-state index in [4.69, 9.17) is 0 Å². The summed E-state index contributed by atoms with van der Waals surface area (Å²) in [6.45, 7) is 1.60. The molecule has 0 saturated carbocycles. The third-order valence-corrected chi connectivity index (χ3v) is 1.39.